The van der Waals surface area contributed by atoms with Crippen LogP contribution in [0.1, 0.15) is 75.0 Å². The first-order valence-corrected chi connectivity index (χ1v) is 13.9. The zero-order valence-corrected chi connectivity index (χ0v) is 23.7. The van der Waals surface area contributed by atoms with E-state index in [0.29, 0.717) is 11.3 Å². The number of anilines is 3. The van der Waals surface area contributed by atoms with E-state index in [4.69, 9.17) is 11.5 Å². The van der Waals surface area contributed by atoms with Gasteiger partial charge in [0, 0.05) is 31.5 Å². The lowest BCUT2D eigenvalue weighted by molar-refractivity contribution is -0.123. The summed E-state index contributed by atoms with van der Waals surface area (Å²) >= 11 is 0.806. The van der Waals surface area contributed by atoms with Crippen LogP contribution in [-0.2, 0) is 4.79 Å². The normalized spacial score (nSPS) is 14.5. The minimum atomic E-state index is -0.990. The summed E-state index contributed by atoms with van der Waals surface area (Å²) in [5.74, 6) is -1.61. The molecule has 4 rings (SSSR count). The van der Waals surface area contributed by atoms with Crippen LogP contribution in [0.3, 0.4) is 0 Å². The molecule has 0 bridgehead atoms. The Bertz CT molecular complexity index is 1360. The number of carbonyl (C=O) groups excluding carboxylic acids is 3. The summed E-state index contributed by atoms with van der Waals surface area (Å²) in [4.78, 5) is 43.8. The average Bonchev–Trinajstić information content (AvgIpc) is 3.29. The first-order chi connectivity index (χ1) is 18.6. The van der Waals surface area contributed by atoms with Crippen molar-refractivity contribution in [2.45, 2.75) is 58.0 Å². The van der Waals surface area contributed by atoms with E-state index in [1.807, 2.05) is 75.3 Å². The lowest BCUT2D eigenvalue weighted by Gasteiger charge is -2.34. The molecule has 9 nitrogen and oxygen atoms in total. The molecular weight excluding hydrogens is 512 g/mol. The zero-order chi connectivity index (χ0) is 28.3. The smallest absolute Gasteiger partial charge is 0.273 e. The number of hydrogen-bond acceptors (Lipinski definition) is 7. The lowest BCUT2D eigenvalue weighted by Crippen LogP contribution is -2.47. The van der Waals surface area contributed by atoms with Crippen LogP contribution in [0.5, 0.6) is 0 Å². The van der Waals surface area contributed by atoms with Crippen LogP contribution in [-0.4, -0.2) is 42.2 Å². The quantitative estimate of drug-likeness (QED) is 0.383. The number of rotatable bonds is 8. The minimum Gasteiger partial charge on any atom is -0.395 e. The summed E-state index contributed by atoms with van der Waals surface area (Å²) in [5.41, 5.74) is 15.4. The maximum Gasteiger partial charge on any atom is 0.273 e. The van der Waals surface area contributed by atoms with Crippen LogP contribution in [0, 0.1) is 13.8 Å². The van der Waals surface area contributed by atoms with Crippen LogP contribution in [0.15, 0.2) is 42.5 Å². The molecule has 0 radical (unpaired) electrons. The molecule has 0 aliphatic heterocycles. The number of nitrogens with one attached hydrogen (secondary N) is 1. The topological polar surface area (TPSA) is 135 Å². The number of aromatic nitrogens is 1. The SMILES string of the molecule is Cc1ccc(N(C(=O)c2snc(C(N)=O)c2N)[C@@H](C(=O)NC2CCCCC2)c2ccc(N(C)C)cc2)c(C)c1. The van der Waals surface area contributed by atoms with Crippen molar-refractivity contribution in [2.24, 2.45) is 5.73 Å². The predicted molar refractivity (Wildman–Crippen MR) is 156 cm³/mol. The second-order valence-corrected chi connectivity index (χ2v) is 11.1. The van der Waals surface area contributed by atoms with Crippen molar-refractivity contribution < 1.29 is 14.4 Å². The molecule has 10 heteroatoms. The van der Waals surface area contributed by atoms with E-state index in [1.165, 1.54) is 4.90 Å². The number of benzene rings is 2. The second kappa shape index (κ2) is 11.9. The molecule has 206 valence electrons. The molecule has 0 saturated heterocycles. The molecule has 39 heavy (non-hydrogen) atoms. The predicted octanol–water partition coefficient (Wildman–Crippen LogP) is 4.34. The van der Waals surface area contributed by atoms with Crippen molar-refractivity contribution in [3.8, 4) is 0 Å². The molecule has 5 N–H and O–H groups in total. The number of aryl methyl sites for hydroxylation is 2. The maximum absolute atomic E-state index is 14.3. The monoisotopic (exact) mass is 548 g/mol. The van der Waals surface area contributed by atoms with Gasteiger partial charge in [0.15, 0.2) is 5.69 Å². The molecule has 1 aliphatic rings. The maximum atomic E-state index is 14.3. The summed E-state index contributed by atoms with van der Waals surface area (Å²) in [5, 5.41) is 3.22. The van der Waals surface area contributed by atoms with E-state index in [1.54, 1.807) is 0 Å². The van der Waals surface area contributed by atoms with Gasteiger partial charge in [0.2, 0.25) is 5.91 Å². The molecule has 1 aliphatic carbocycles. The van der Waals surface area contributed by atoms with Gasteiger partial charge in [-0.05, 0) is 67.5 Å². The average molecular weight is 549 g/mol. The molecule has 1 atom stereocenters. The van der Waals surface area contributed by atoms with E-state index >= 15 is 0 Å². The molecular formula is C29H36N6O3S. The van der Waals surface area contributed by atoms with Gasteiger partial charge in [-0.3, -0.25) is 19.3 Å². The molecule has 3 amide bonds. The van der Waals surface area contributed by atoms with Gasteiger partial charge < -0.3 is 21.7 Å². The largest absolute Gasteiger partial charge is 0.395 e. The van der Waals surface area contributed by atoms with Crippen LogP contribution in [0.4, 0.5) is 17.1 Å². The Morgan fingerprint density at radius 3 is 2.26 bits per heavy atom. The molecule has 2 aromatic carbocycles. The van der Waals surface area contributed by atoms with E-state index < -0.39 is 17.9 Å². The summed E-state index contributed by atoms with van der Waals surface area (Å²) < 4.78 is 4.04. The third kappa shape index (κ3) is 6.06. The van der Waals surface area contributed by atoms with Gasteiger partial charge in [0.05, 0.1) is 5.69 Å². The summed E-state index contributed by atoms with van der Waals surface area (Å²) in [6.07, 6.45) is 5.07. The summed E-state index contributed by atoms with van der Waals surface area (Å²) in [6.45, 7) is 3.87. The highest BCUT2D eigenvalue weighted by atomic mass is 32.1. The molecule has 0 unspecified atom stereocenters. The summed E-state index contributed by atoms with van der Waals surface area (Å²) in [6, 6.07) is 12.3. The molecule has 0 spiro atoms. The van der Waals surface area contributed by atoms with Crippen molar-refractivity contribution in [1.82, 2.24) is 9.69 Å². The Kier molecular flexibility index (Phi) is 8.54. The fraction of sp³-hybridized carbons (Fsp3) is 0.379. The van der Waals surface area contributed by atoms with Gasteiger partial charge in [-0.25, -0.2) is 0 Å². The van der Waals surface area contributed by atoms with Gasteiger partial charge in [-0.15, -0.1) is 0 Å². The second-order valence-electron chi connectivity index (χ2n) is 10.3. The number of nitrogens with two attached hydrogens (primary N) is 2. The number of nitrogen functional groups attached to an aromatic ring is 1. The number of amides is 3. The van der Waals surface area contributed by atoms with Gasteiger partial charge >= 0.3 is 0 Å². The van der Waals surface area contributed by atoms with Crippen molar-refractivity contribution in [3.63, 3.8) is 0 Å². The third-order valence-corrected chi connectivity index (χ3v) is 8.02. The van der Waals surface area contributed by atoms with Gasteiger partial charge in [0.1, 0.15) is 10.9 Å². The van der Waals surface area contributed by atoms with Crippen LogP contribution in [0.25, 0.3) is 0 Å². The van der Waals surface area contributed by atoms with E-state index in [9.17, 15) is 14.4 Å². The molecule has 1 heterocycles. The number of carbonyl (C=O) groups is 3. The molecule has 1 saturated carbocycles. The fourth-order valence-corrected chi connectivity index (χ4v) is 5.82. The van der Waals surface area contributed by atoms with Crippen molar-refractivity contribution >= 4 is 46.3 Å². The highest BCUT2D eigenvalue weighted by Gasteiger charge is 2.37. The van der Waals surface area contributed by atoms with Crippen LogP contribution < -0.4 is 26.6 Å². The van der Waals surface area contributed by atoms with Gasteiger partial charge in [-0.2, -0.15) is 4.37 Å². The van der Waals surface area contributed by atoms with Crippen molar-refractivity contribution in [1.29, 1.82) is 0 Å². The van der Waals surface area contributed by atoms with Crippen LogP contribution >= 0.6 is 11.5 Å². The van der Waals surface area contributed by atoms with Crippen LogP contribution in [0.2, 0.25) is 0 Å². The Morgan fingerprint density at radius 1 is 1.03 bits per heavy atom. The van der Waals surface area contributed by atoms with E-state index in [2.05, 4.69) is 9.69 Å². The first-order valence-electron chi connectivity index (χ1n) is 13.1. The number of hydrogen-bond donors (Lipinski definition) is 3. The summed E-state index contributed by atoms with van der Waals surface area (Å²) in [7, 11) is 3.88. The van der Waals surface area contributed by atoms with Crippen molar-refractivity contribution in [2.75, 3.05) is 29.6 Å². The van der Waals surface area contributed by atoms with E-state index in [0.717, 1.165) is 60.5 Å². The third-order valence-electron chi connectivity index (χ3n) is 7.17. The highest BCUT2D eigenvalue weighted by molar-refractivity contribution is 7.09. The zero-order valence-electron chi connectivity index (χ0n) is 22.9. The highest BCUT2D eigenvalue weighted by Crippen LogP contribution is 2.36. The lowest BCUT2D eigenvalue weighted by atomic mass is 9.94. The van der Waals surface area contributed by atoms with Crippen molar-refractivity contribution in [3.05, 3.63) is 69.7 Å². The van der Waals surface area contributed by atoms with Gasteiger partial charge in [-0.1, -0.05) is 49.1 Å². The number of nitrogens with zero attached hydrogens (tertiary/aromatic N) is 3. The minimum absolute atomic E-state index is 0.0424. The fourth-order valence-electron chi connectivity index (χ4n) is 5.08. The first kappa shape index (κ1) is 28.1. The molecule has 1 fully saturated rings. The Balaban J connectivity index is 1.88. The standard InChI is InChI=1S/C29H36N6O3S/c1-17-10-15-22(18(2)16-17)35(29(38)26-23(30)24(27(31)36)33-39-26)25(19-11-13-21(14-12-19)34(3)4)28(37)32-20-8-6-5-7-9-20/h10-16,20,25H,5-9,30H2,1-4H3,(H2,31,36)(H,32,37)/t25-/m1/s1. The van der Waals surface area contributed by atoms with E-state index in [-0.39, 0.29) is 28.2 Å². The molecule has 1 aromatic heterocycles. The Labute approximate surface area is 233 Å². The van der Waals surface area contributed by atoms with Gasteiger partial charge in [0.25, 0.3) is 11.8 Å². The molecule has 3 aromatic rings. The Morgan fingerprint density at radius 2 is 1.69 bits per heavy atom. The number of primary amides is 1. The Hall–Kier alpha value is -3.92.